The Hall–Kier alpha value is -3.03. The molecule has 0 saturated heterocycles. The highest BCUT2D eigenvalue weighted by molar-refractivity contribution is 5.76. The number of halogens is 2. The Morgan fingerprint density at radius 3 is 2.77 bits per heavy atom. The molecule has 1 aliphatic rings. The molecule has 0 bridgehead atoms. The van der Waals surface area contributed by atoms with Crippen molar-refractivity contribution >= 4 is 5.91 Å². The smallest absolute Gasteiger partial charge is 0.226 e. The lowest BCUT2D eigenvalue weighted by Gasteiger charge is -2.25. The third-order valence-corrected chi connectivity index (χ3v) is 4.30. The van der Waals surface area contributed by atoms with Gasteiger partial charge in [-0.05, 0) is 18.2 Å². The number of benzene rings is 1. The van der Waals surface area contributed by atoms with Gasteiger partial charge < -0.3 is 9.32 Å². The van der Waals surface area contributed by atoms with Crippen molar-refractivity contribution in [3.05, 3.63) is 59.7 Å². The Labute approximate surface area is 148 Å². The third kappa shape index (κ3) is 3.35. The highest BCUT2D eigenvalue weighted by Gasteiger charge is 2.26. The minimum atomic E-state index is -0.688. The highest BCUT2D eigenvalue weighted by Crippen LogP contribution is 2.27. The maximum atomic E-state index is 13.4. The van der Waals surface area contributed by atoms with E-state index in [0.29, 0.717) is 43.9 Å². The summed E-state index contributed by atoms with van der Waals surface area (Å²) in [7, 11) is 0. The van der Waals surface area contributed by atoms with Crippen LogP contribution in [0.15, 0.2) is 41.1 Å². The minimum Gasteiger partial charge on any atom is -0.441 e. The predicted molar refractivity (Wildman–Crippen MR) is 87.8 cm³/mol. The number of carbonyl (C=O) groups is 1. The first-order valence-corrected chi connectivity index (χ1v) is 8.29. The van der Waals surface area contributed by atoms with Crippen LogP contribution in [0.1, 0.15) is 17.9 Å². The molecule has 26 heavy (non-hydrogen) atoms. The van der Waals surface area contributed by atoms with Crippen LogP contribution in [-0.2, 0) is 24.3 Å². The van der Waals surface area contributed by atoms with Crippen LogP contribution in [0.4, 0.5) is 8.78 Å². The largest absolute Gasteiger partial charge is 0.441 e. The van der Waals surface area contributed by atoms with Crippen molar-refractivity contribution in [2.75, 3.05) is 6.54 Å². The molecular formula is C18H16F2N4O2. The van der Waals surface area contributed by atoms with E-state index in [9.17, 15) is 13.6 Å². The summed E-state index contributed by atoms with van der Waals surface area (Å²) in [6, 6.07) is 4.96. The second kappa shape index (κ2) is 6.70. The number of aromatic nitrogens is 3. The summed E-state index contributed by atoms with van der Waals surface area (Å²) in [6.45, 7) is 1.37. The highest BCUT2D eigenvalue weighted by atomic mass is 19.1. The van der Waals surface area contributed by atoms with Crippen LogP contribution in [0.25, 0.3) is 11.5 Å². The van der Waals surface area contributed by atoms with Crippen LogP contribution in [0.5, 0.6) is 0 Å². The molecule has 3 heterocycles. The second-order valence-electron chi connectivity index (χ2n) is 6.13. The van der Waals surface area contributed by atoms with Crippen molar-refractivity contribution < 1.29 is 18.0 Å². The number of hydrogen-bond acceptors (Lipinski definition) is 4. The van der Waals surface area contributed by atoms with Crippen LogP contribution in [0, 0.1) is 11.6 Å². The molecule has 0 aliphatic carbocycles. The Balaban J connectivity index is 1.47. The molecule has 0 fully saturated rings. The lowest BCUT2D eigenvalue weighted by Crippen LogP contribution is -2.36. The Bertz CT molecular complexity index is 917. The Morgan fingerprint density at radius 1 is 1.23 bits per heavy atom. The number of nitrogens with zero attached hydrogens (tertiary/aromatic N) is 4. The molecule has 0 spiro atoms. The van der Waals surface area contributed by atoms with Gasteiger partial charge in [-0.3, -0.25) is 9.48 Å². The quantitative estimate of drug-likeness (QED) is 0.719. The standard InChI is InChI=1S/C18H16F2N4O2/c19-13-8-12(9-14(20)10-13)18-22-15-11-23(6-2-16(15)26-18)17(25)3-7-24-5-1-4-21-24/h1,4-5,8-10H,2-3,6-7,11H2. The van der Waals surface area contributed by atoms with E-state index in [0.717, 1.165) is 6.07 Å². The second-order valence-corrected chi connectivity index (χ2v) is 6.13. The zero-order valence-electron chi connectivity index (χ0n) is 13.9. The van der Waals surface area contributed by atoms with Crippen LogP contribution in [0.2, 0.25) is 0 Å². The van der Waals surface area contributed by atoms with E-state index in [4.69, 9.17) is 4.42 Å². The Kier molecular flexibility index (Phi) is 4.24. The number of hydrogen-bond donors (Lipinski definition) is 0. The Morgan fingerprint density at radius 2 is 2.04 bits per heavy atom. The van der Waals surface area contributed by atoms with Crippen LogP contribution in [-0.4, -0.2) is 32.1 Å². The van der Waals surface area contributed by atoms with E-state index in [1.54, 1.807) is 15.8 Å². The predicted octanol–water partition coefficient (Wildman–Crippen LogP) is 2.79. The molecule has 0 N–H and O–H groups in total. The summed E-state index contributed by atoms with van der Waals surface area (Å²) in [5.74, 6) is -0.550. The van der Waals surface area contributed by atoms with Gasteiger partial charge in [-0.2, -0.15) is 5.10 Å². The van der Waals surface area contributed by atoms with E-state index < -0.39 is 11.6 Å². The van der Waals surface area contributed by atoms with Gasteiger partial charge in [0.25, 0.3) is 0 Å². The van der Waals surface area contributed by atoms with E-state index >= 15 is 0 Å². The zero-order chi connectivity index (χ0) is 18.1. The third-order valence-electron chi connectivity index (χ3n) is 4.30. The molecule has 1 aliphatic heterocycles. The molecule has 8 heteroatoms. The first kappa shape index (κ1) is 16.4. The fourth-order valence-corrected chi connectivity index (χ4v) is 3.01. The van der Waals surface area contributed by atoms with Crippen molar-refractivity contribution in [2.24, 2.45) is 0 Å². The fraction of sp³-hybridized carbons (Fsp3) is 0.278. The minimum absolute atomic E-state index is 0.00694. The first-order valence-electron chi connectivity index (χ1n) is 8.29. The summed E-state index contributed by atoms with van der Waals surface area (Å²) in [5.41, 5.74) is 0.872. The summed E-state index contributed by atoms with van der Waals surface area (Å²) in [6.07, 6.45) is 4.35. The molecule has 0 saturated carbocycles. The zero-order valence-corrected chi connectivity index (χ0v) is 13.9. The van der Waals surface area contributed by atoms with Gasteiger partial charge >= 0.3 is 0 Å². The fourth-order valence-electron chi connectivity index (χ4n) is 3.01. The van der Waals surface area contributed by atoms with Gasteiger partial charge in [-0.1, -0.05) is 0 Å². The van der Waals surface area contributed by atoms with Crippen molar-refractivity contribution in [1.29, 1.82) is 0 Å². The number of carbonyl (C=O) groups excluding carboxylic acids is 1. The van der Waals surface area contributed by atoms with Gasteiger partial charge in [0.15, 0.2) is 0 Å². The van der Waals surface area contributed by atoms with Gasteiger partial charge in [-0.25, -0.2) is 13.8 Å². The summed E-state index contributed by atoms with van der Waals surface area (Å²) in [5, 5.41) is 4.08. The summed E-state index contributed by atoms with van der Waals surface area (Å²) in [4.78, 5) is 18.4. The number of amides is 1. The average Bonchev–Trinajstić information content (AvgIpc) is 3.27. The number of oxazole rings is 1. The summed E-state index contributed by atoms with van der Waals surface area (Å²) < 4.78 is 34.2. The van der Waals surface area contributed by atoms with Crippen molar-refractivity contribution in [2.45, 2.75) is 25.9 Å². The SMILES string of the molecule is O=C(CCn1cccn1)N1CCc2oc(-c3cc(F)cc(F)c3)nc2C1. The topological polar surface area (TPSA) is 64.2 Å². The molecule has 1 aromatic carbocycles. The van der Waals surface area contributed by atoms with Crippen LogP contribution < -0.4 is 0 Å². The van der Waals surface area contributed by atoms with Gasteiger partial charge in [0.1, 0.15) is 23.1 Å². The molecular weight excluding hydrogens is 342 g/mol. The monoisotopic (exact) mass is 358 g/mol. The lowest BCUT2D eigenvalue weighted by molar-refractivity contribution is -0.132. The van der Waals surface area contributed by atoms with E-state index in [2.05, 4.69) is 10.1 Å². The van der Waals surface area contributed by atoms with Crippen molar-refractivity contribution in [1.82, 2.24) is 19.7 Å². The van der Waals surface area contributed by atoms with E-state index in [1.165, 1.54) is 12.1 Å². The maximum absolute atomic E-state index is 13.4. The first-order chi connectivity index (χ1) is 12.6. The van der Waals surface area contributed by atoms with Crippen LogP contribution in [0.3, 0.4) is 0 Å². The molecule has 0 unspecified atom stereocenters. The van der Waals surface area contributed by atoms with Crippen molar-refractivity contribution in [3.8, 4) is 11.5 Å². The van der Waals surface area contributed by atoms with E-state index in [1.807, 2.05) is 12.3 Å². The average molecular weight is 358 g/mol. The van der Waals surface area contributed by atoms with Gasteiger partial charge in [0, 0.05) is 50.0 Å². The lowest BCUT2D eigenvalue weighted by atomic mass is 10.1. The van der Waals surface area contributed by atoms with Crippen molar-refractivity contribution in [3.63, 3.8) is 0 Å². The molecule has 1 amide bonds. The molecule has 6 nitrogen and oxygen atoms in total. The van der Waals surface area contributed by atoms with Gasteiger partial charge in [0.05, 0.1) is 6.54 Å². The molecule has 0 radical (unpaired) electrons. The van der Waals surface area contributed by atoms with E-state index in [-0.39, 0.29) is 17.4 Å². The van der Waals surface area contributed by atoms with Gasteiger partial charge in [-0.15, -0.1) is 0 Å². The normalized spacial score (nSPS) is 13.7. The molecule has 3 aromatic rings. The number of rotatable bonds is 4. The molecule has 0 atom stereocenters. The summed E-state index contributed by atoms with van der Waals surface area (Å²) >= 11 is 0. The van der Waals surface area contributed by atoms with Gasteiger partial charge in [0.2, 0.25) is 11.8 Å². The molecule has 4 rings (SSSR count). The maximum Gasteiger partial charge on any atom is 0.226 e. The van der Waals surface area contributed by atoms with Crippen LogP contribution >= 0.6 is 0 Å². The number of aryl methyl sites for hydroxylation is 1. The molecule has 2 aromatic heterocycles. The molecule has 134 valence electrons. The number of fused-ring (bicyclic) bond motifs is 1.